The molecule has 122 valence electrons. The fourth-order valence-electron chi connectivity index (χ4n) is 2.87. The number of nitrogens with zero attached hydrogens (tertiary/aromatic N) is 1. The maximum absolute atomic E-state index is 12.1. The molecule has 2 fully saturated rings. The first-order chi connectivity index (χ1) is 9.65. The van der Waals surface area contributed by atoms with E-state index >= 15 is 0 Å². The highest BCUT2D eigenvalue weighted by molar-refractivity contribution is 7.91. The van der Waals surface area contributed by atoms with Gasteiger partial charge in [0, 0.05) is 25.2 Å². The van der Waals surface area contributed by atoms with Crippen LogP contribution in [-0.2, 0) is 14.6 Å². The Kier molecular flexibility index (Phi) is 4.82. The van der Waals surface area contributed by atoms with Gasteiger partial charge in [-0.2, -0.15) is 0 Å². The molecule has 1 N–H and O–H groups in total. The van der Waals surface area contributed by atoms with Crippen molar-refractivity contribution in [2.45, 2.75) is 57.7 Å². The minimum absolute atomic E-state index is 0.0265. The molecule has 0 radical (unpaired) electrons. The molecule has 0 aromatic rings. The highest BCUT2D eigenvalue weighted by atomic mass is 32.2. The average Bonchev–Trinajstić information content (AvgIpc) is 2.67. The van der Waals surface area contributed by atoms with Crippen LogP contribution in [-0.4, -0.2) is 61.7 Å². The molecule has 0 bridgehead atoms. The third-order valence-corrected chi connectivity index (χ3v) is 5.54. The van der Waals surface area contributed by atoms with Gasteiger partial charge in [0.25, 0.3) is 0 Å². The molecule has 0 spiro atoms. The van der Waals surface area contributed by atoms with Crippen molar-refractivity contribution in [3.63, 3.8) is 0 Å². The summed E-state index contributed by atoms with van der Waals surface area (Å²) in [4.78, 5) is 13.8. The van der Waals surface area contributed by atoms with Crippen molar-refractivity contribution in [1.82, 2.24) is 10.2 Å². The van der Waals surface area contributed by atoms with E-state index in [0.717, 1.165) is 12.8 Å². The maximum Gasteiger partial charge on any atom is 0.410 e. The molecule has 2 heterocycles. The first kappa shape index (κ1) is 16.5. The normalized spacial score (nSPS) is 29.4. The van der Waals surface area contributed by atoms with E-state index in [0.29, 0.717) is 19.5 Å². The van der Waals surface area contributed by atoms with Crippen LogP contribution in [0.2, 0.25) is 0 Å². The highest BCUT2D eigenvalue weighted by Gasteiger charge is 2.32. The molecule has 2 aliphatic rings. The van der Waals surface area contributed by atoms with E-state index in [1.54, 1.807) is 4.90 Å². The molecule has 21 heavy (non-hydrogen) atoms. The average molecular weight is 318 g/mol. The topological polar surface area (TPSA) is 75.7 Å². The van der Waals surface area contributed by atoms with Crippen molar-refractivity contribution in [3.8, 4) is 0 Å². The smallest absolute Gasteiger partial charge is 0.410 e. The minimum atomic E-state index is -2.87. The number of sulfone groups is 1. The Labute approximate surface area is 127 Å². The quantitative estimate of drug-likeness (QED) is 0.827. The maximum atomic E-state index is 12.1. The van der Waals surface area contributed by atoms with Crippen molar-refractivity contribution in [2.75, 3.05) is 24.6 Å². The van der Waals surface area contributed by atoms with Crippen LogP contribution in [0.15, 0.2) is 0 Å². The van der Waals surface area contributed by atoms with E-state index in [9.17, 15) is 13.2 Å². The fraction of sp³-hybridized carbons (Fsp3) is 0.929. The number of likely N-dealkylation sites (tertiary alicyclic amines) is 1. The van der Waals surface area contributed by atoms with Gasteiger partial charge in [0.1, 0.15) is 5.60 Å². The molecule has 6 nitrogen and oxygen atoms in total. The van der Waals surface area contributed by atoms with Gasteiger partial charge in [-0.1, -0.05) is 0 Å². The Morgan fingerprint density at radius 1 is 1.24 bits per heavy atom. The van der Waals surface area contributed by atoms with Crippen LogP contribution in [0, 0.1) is 0 Å². The van der Waals surface area contributed by atoms with Gasteiger partial charge >= 0.3 is 6.09 Å². The first-order valence-corrected chi connectivity index (χ1v) is 9.41. The Balaban J connectivity index is 1.85. The molecular weight excluding hydrogens is 292 g/mol. The summed E-state index contributed by atoms with van der Waals surface area (Å²) in [6.07, 6.45) is 2.27. The summed E-state index contributed by atoms with van der Waals surface area (Å²) >= 11 is 0. The monoisotopic (exact) mass is 318 g/mol. The fourth-order valence-corrected chi connectivity index (χ4v) is 4.55. The second-order valence-electron chi connectivity index (χ2n) is 7.03. The lowest BCUT2D eigenvalue weighted by molar-refractivity contribution is 0.0184. The summed E-state index contributed by atoms with van der Waals surface area (Å²) in [5.74, 6) is 0.489. The number of piperidine rings is 1. The summed E-state index contributed by atoms with van der Waals surface area (Å²) in [5.41, 5.74) is -0.489. The van der Waals surface area contributed by atoms with Crippen LogP contribution in [0.4, 0.5) is 4.79 Å². The van der Waals surface area contributed by atoms with Crippen LogP contribution in [0.3, 0.4) is 0 Å². The van der Waals surface area contributed by atoms with E-state index in [4.69, 9.17) is 4.74 Å². The highest BCUT2D eigenvalue weighted by Crippen LogP contribution is 2.18. The van der Waals surface area contributed by atoms with E-state index in [-0.39, 0.29) is 29.7 Å². The van der Waals surface area contributed by atoms with Crippen molar-refractivity contribution < 1.29 is 17.9 Å². The van der Waals surface area contributed by atoms with Gasteiger partial charge in [-0.05, 0) is 40.0 Å². The molecule has 0 saturated carbocycles. The third-order valence-electron chi connectivity index (χ3n) is 3.78. The number of carbonyl (C=O) groups excluding carboxylic acids is 1. The largest absolute Gasteiger partial charge is 0.444 e. The van der Waals surface area contributed by atoms with E-state index in [2.05, 4.69) is 5.32 Å². The zero-order valence-corrected chi connectivity index (χ0v) is 13.9. The van der Waals surface area contributed by atoms with Crippen LogP contribution in [0.1, 0.15) is 40.0 Å². The molecule has 1 amide bonds. The molecule has 0 aromatic carbocycles. The second-order valence-corrected chi connectivity index (χ2v) is 9.26. The van der Waals surface area contributed by atoms with Gasteiger partial charge in [-0.15, -0.1) is 0 Å². The van der Waals surface area contributed by atoms with Gasteiger partial charge in [0.15, 0.2) is 9.84 Å². The van der Waals surface area contributed by atoms with Crippen molar-refractivity contribution in [1.29, 1.82) is 0 Å². The molecule has 2 saturated heterocycles. The number of hydrogen-bond acceptors (Lipinski definition) is 5. The molecule has 2 rings (SSSR count). The van der Waals surface area contributed by atoms with Gasteiger partial charge in [0.2, 0.25) is 0 Å². The van der Waals surface area contributed by atoms with Crippen LogP contribution < -0.4 is 5.32 Å². The lowest BCUT2D eigenvalue weighted by Crippen LogP contribution is -2.51. The Morgan fingerprint density at radius 2 is 1.95 bits per heavy atom. The number of hydrogen-bond donors (Lipinski definition) is 1. The Morgan fingerprint density at radius 3 is 2.52 bits per heavy atom. The minimum Gasteiger partial charge on any atom is -0.444 e. The summed E-state index contributed by atoms with van der Waals surface area (Å²) in [5, 5.41) is 3.39. The molecule has 0 aromatic heterocycles. The number of nitrogens with one attached hydrogen (secondary N) is 1. The number of amides is 1. The lowest BCUT2D eigenvalue weighted by atomic mass is 10.0. The molecule has 7 heteroatoms. The van der Waals surface area contributed by atoms with Gasteiger partial charge in [-0.3, -0.25) is 0 Å². The number of carbonyl (C=O) groups is 1. The molecule has 2 atom stereocenters. The zero-order chi connectivity index (χ0) is 15.7. The predicted octanol–water partition coefficient (Wildman–Crippen LogP) is 1.16. The van der Waals surface area contributed by atoms with Gasteiger partial charge in [0.05, 0.1) is 11.5 Å². The molecule has 2 aliphatic heterocycles. The van der Waals surface area contributed by atoms with Crippen molar-refractivity contribution in [3.05, 3.63) is 0 Å². The Hall–Kier alpha value is -0.820. The summed E-state index contributed by atoms with van der Waals surface area (Å²) in [6.45, 7) is 6.86. The zero-order valence-electron chi connectivity index (χ0n) is 13.1. The molecule has 2 unspecified atom stereocenters. The molecular formula is C14H26N2O4S. The van der Waals surface area contributed by atoms with Crippen molar-refractivity contribution >= 4 is 15.9 Å². The standard InChI is InChI=1S/C14H26N2O4S/c1-14(2,3)20-13(17)16-7-4-5-11(9-16)15-12-6-8-21(18,19)10-12/h11-12,15H,4-10H2,1-3H3. The van der Waals surface area contributed by atoms with E-state index in [1.807, 2.05) is 20.8 Å². The Bertz CT molecular complexity index is 484. The van der Waals surface area contributed by atoms with E-state index in [1.165, 1.54) is 0 Å². The SMILES string of the molecule is CC(C)(C)OC(=O)N1CCCC(NC2CCS(=O)(=O)C2)C1. The summed E-state index contributed by atoms with van der Waals surface area (Å²) < 4.78 is 28.4. The third kappa shape index (κ3) is 5.14. The summed E-state index contributed by atoms with van der Waals surface area (Å²) in [6, 6.07) is 0.183. The second kappa shape index (κ2) is 6.12. The van der Waals surface area contributed by atoms with Gasteiger partial charge in [-0.25, -0.2) is 13.2 Å². The first-order valence-electron chi connectivity index (χ1n) is 7.59. The number of rotatable bonds is 2. The van der Waals surface area contributed by atoms with Gasteiger partial charge < -0.3 is 15.0 Å². The van der Waals surface area contributed by atoms with Crippen LogP contribution >= 0.6 is 0 Å². The number of ether oxygens (including phenoxy) is 1. The van der Waals surface area contributed by atoms with Crippen molar-refractivity contribution in [2.24, 2.45) is 0 Å². The lowest BCUT2D eigenvalue weighted by Gasteiger charge is -2.35. The molecule has 0 aliphatic carbocycles. The van der Waals surface area contributed by atoms with E-state index < -0.39 is 15.4 Å². The predicted molar refractivity (Wildman–Crippen MR) is 81.0 cm³/mol. The van der Waals surface area contributed by atoms with Crippen LogP contribution in [0.25, 0.3) is 0 Å². The summed E-state index contributed by atoms with van der Waals surface area (Å²) in [7, 11) is -2.87. The van der Waals surface area contributed by atoms with Crippen LogP contribution in [0.5, 0.6) is 0 Å².